The summed E-state index contributed by atoms with van der Waals surface area (Å²) in [6.45, 7) is 5.54. The molecule has 0 amide bonds. The minimum atomic E-state index is -3.39. The van der Waals surface area contributed by atoms with Crippen molar-refractivity contribution in [1.29, 1.82) is 0 Å². The summed E-state index contributed by atoms with van der Waals surface area (Å²) in [7, 11) is -1.38. The second-order valence-corrected chi connectivity index (χ2v) is 7.15. The van der Waals surface area contributed by atoms with Crippen LogP contribution in [-0.4, -0.2) is 64.0 Å². The fourth-order valence-corrected chi connectivity index (χ4v) is 3.63. The molecule has 0 aliphatic carbocycles. The molecule has 0 atom stereocenters. The third-order valence-corrected chi connectivity index (χ3v) is 5.37. The van der Waals surface area contributed by atoms with Gasteiger partial charge in [-0.2, -0.15) is 12.7 Å². The van der Waals surface area contributed by atoms with Gasteiger partial charge in [-0.05, 0) is 32.0 Å². The molecule has 0 saturated carbocycles. The van der Waals surface area contributed by atoms with Crippen molar-refractivity contribution >= 4 is 10.2 Å². The van der Waals surface area contributed by atoms with Gasteiger partial charge in [-0.15, -0.1) is 0 Å². The molecule has 1 fully saturated rings. The fourth-order valence-electron chi connectivity index (χ4n) is 2.44. The van der Waals surface area contributed by atoms with Crippen molar-refractivity contribution < 1.29 is 13.2 Å². The summed E-state index contributed by atoms with van der Waals surface area (Å²) in [6, 6.07) is 7.73. The molecule has 0 radical (unpaired) electrons. The van der Waals surface area contributed by atoms with E-state index in [0.717, 1.165) is 24.4 Å². The Morgan fingerprint density at radius 2 is 1.86 bits per heavy atom. The highest BCUT2D eigenvalue weighted by Crippen LogP contribution is 2.18. The van der Waals surface area contributed by atoms with Crippen molar-refractivity contribution in [1.82, 2.24) is 13.9 Å². The quantitative estimate of drug-likeness (QED) is 0.801. The van der Waals surface area contributed by atoms with E-state index < -0.39 is 10.2 Å². The topological polar surface area (TPSA) is 61.9 Å². The van der Waals surface area contributed by atoms with Crippen LogP contribution in [0.2, 0.25) is 0 Å². The fraction of sp³-hybridized carbons (Fsp3) is 0.600. The number of nitrogens with one attached hydrogen (secondary N) is 1. The van der Waals surface area contributed by atoms with Crippen molar-refractivity contribution in [2.45, 2.75) is 13.3 Å². The van der Waals surface area contributed by atoms with Crippen molar-refractivity contribution in [3.8, 4) is 5.75 Å². The first-order valence-electron chi connectivity index (χ1n) is 7.67. The SMILES string of the molecule is CCOc1ccccc1CCNS(=O)(=O)N1CCN(C)CC1. The maximum absolute atomic E-state index is 12.3. The smallest absolute Gasteiger partial charge is 0.279 e. The van der Waals surface area contributed by atoms with Gasteiger partial charge in [0.2, 0.25) is 0 Å². The Bertz CT molecular complexity index is 569. The molecule has 1 N–H and O–H groups in total. The van der Waals surface area contributed by atoms with E-state index in [2.05, 4.69) is 9.62 Å². The molecule has 0 aromatic heterocycles. The highest BCUT2D eigenvalue weighted by molar-refractivity contribution is 7.87. The molecule has 1 heterocycles. The van der Waals surface area contributed by atoms with E-state index in [1.807, 2.05) is 38.2 Å². The molecule has 0 spiro atoms. The second kappa shape index (κ2) is 7.92. The monoisotopic (exact) mass is 327 g/mol. The molecule has 22 heavy (non-hydrogen) atoms. The lowest BCUT2D eigenvalue weighted by molar-refractivity contribution is 0.221. The lowest BCUT2D eigenvalue weighted by Crippen LogP contribution is -2.51. The molecular formula is C15H25N3O3S. The zero-order valence-electron chi connectivity index (χ0n) is 13.3. The summed E-state index contributed by atoms with van der Waals surface area (Å²) >= 11 is 0. The summed E-state index contributed by atoms with van der Waals surface area (Å²) in [4.78, 5) is 2.13. The number of hydrogen-bond donors (Lipinski definition) is 1. The van der Waals surface area contributed by atoms with Crippen molar-refractivity contribution in [2.24, 2.45) is 0 Å². The minimum Gasteiger partial charge on any atom is -0.494 e. The Morgan fingerprint density at radius 3 is 2.55 bits per heavy atom. The number of nitrogens with zero attached hydrogens (tertiary/aromatic N) is 2. The molecule has 0 unspecified atom stereocenters. The van der Waals surface area contributed by atoms with Gasteiger partial charge in [0.25, 0.3) is 10.2 Å². The van der Waals surface area contributed by atoms with Crippen LogP contribution in [-0.2, 0) is 16.6 Å². The van der Waals surface area contributed by atoms with Gasteiger partial charge in [0.05, 0.1) is 6.61 Å². The lowest BCUT2D eigenvalue weighted by atomic mass is 10.1. The first-order valence-corrected chi connectivity index (χ1v) is 9.11. The number of ether oxygens (including phenoxy) is 1. The van der Waals surface area contributed by atoms with Crippen LogP contribution in [0.15, 0.2) is 24.3 Å². The van der Waals surface area contributed by atoms with Crippen LogP contribution in [0, 0.1) is 0 Å². The Morgan fingerprint density at radius 1 is 1.18 bits per heavy atom. The largest absolute Gasteiger partial charge is 0.494 e. The number of piperazine rings is 1. The van der Waals surface area contributed by atoms with Crippen LogP contribution in [0.4, 0.5) is 0 Å². The van der Waals surface area contributed by atoms with E-state index in [-0.39, 0.29) is 0 Å². The molecule has 1 aliphatic heterocycles. The maximum atomic E-state index is 12.3. The van der Waals surface area contributed by atoms with Gasteiger partial charge >= 0.3 is 0 Å². The lowest BCUT2D eigenvalue weighted by Gasteiger charge is -2.31. The van der Waals surface area contributed by atoms with Crippen LogP contribution in [0.25, 0.3) is 0 Å². The zero-order valence-corrected chi connectivity index (χ0v) is 14.1. The van der Waals surface area contributed by atoms with Crippen LogP contribution in [0.3, 0.4) is 0 Å². The number of hydrogen-bond acceptors (Lipinski definition) is 4. The van der Waals surface area contributed by atoms with Gasteiger partial charge in [-0.3, -0.25) is 0 Å². The summed E-state index contributed by atoms with van der Waals surface area (Å²) in [5.41, 5.74) is 1.02. The molecule has 1 aromatic carbocycles. The number of benzene rings is 1. The predicted molar refractivity (Wildman–Crippen MR) is 87.3 cm³/mol. The van der Waals surface area contributed by atoms with Crippen LogP contribution < -0.4 is 9.46 Å². The Balaban J connectivity index is 1.87. The van der Waals surface area contributed by atoms with Gasteiger partial charge in [-0.25, -0.2) is 4.72 Å². The molecule has 124 valence electrons. The summed E-state index contributed by atoms with van der Waals surface area (Å²) in [6.07, 6.45) is 0.614. The first kappa shape index (κ1) is 17.2. The number of para-hydroxylation sites is 1. The molecule has 2 rings (SSSR count). The third kappa shape index (κ3) is 4.67. The van der Waals surface area contributed by atoms with Gasteiger partial charge in [0.15, 0.2) is 0 Å². The van der Waals surface area contributed by atoms with E-state index >= 15 is 0 Å². The van der Waals surface area contributed by atoms with E-state index in [1.165, 1.54) is 4.31 Å². The normalized spacial score (nSPS) is 17.5. The molecule has 1 saturated heterocycles. The Labute approximate surface area is 133 Å². The molecular weight excluding hydrogens is 302 g/mol. The Hall–Kier alpha value is -1.15. The Kier molecular flexibility index (Phi) is 6.19. The van der Waals surface area contributed by atoms with Crippen LogP contribution >= 0.6 is 0 Å². The summed E-state index contributed by atoms with van der Waals surface area (Å²) in [5.74, 6) is 0.823. The number of likely N-dealkylation sites (N-methyl/N-ethyl adjacent to an activating group) is 1. The standard InChI is InChI=1S/C15H25N3O3S/c1-3-21-15-7-5-4-6-14(15)8-9-16-22(19,20)18-12-10-17(2)11-13-18/h4-7,16H,3,8-13H2,1-2H3. The van der Waals surface area contributed by atoms with E-state index in [1.54, 1.807) is 0 Å². The second-order valence-electron chi connectivity index (χ2n) is 5.39. The van der Waals surface area contributed by atoms with Crippen molar-refractivity contribution in [3.05, 3.63) is 29.8 Å². The van der Waals surface area contributed by atoms with Crippen LogP contribution in [0.5, 0.6) is 5.75 Å². The van der Waals surface area contributed by atoms with Gasteiger partial charge in [-0.1, -0.05) is 18.2 Å². The highest BCUT2D eigenvalue weighted by atomic mass is 32.2. The van der Waals surface area contributed by atoms with E-state index in [0.29, 0.717) is 32.7 Å². The minimum absolute atomic E-state index is 0.374. The average molecular weight is 327 g/mol. The first-order chi connectivity index (χ1) is 10.5. The molecule has 6 nitrogen and oxygen atoms in total. The van der Waals surface area contributed by atoms with Crippen LogP contribution in [0.1, 0.15) is 12.5 Å². The van der Waals surface area contributed by atoms with Gasteiger partial charge in [0, 0.05) is 32.7 Å². The molecule has 7 heteroatoms. The molecule has 1 aromatic rings. The predicted octanol–water partition coefficient (Wildman–Crippen LogP) is 0.710. The van der Waals surface area contributed by atoms with Gasteiger partial charge < -0.3 is 9.64 Å². The maximum Gasteiger partial charge on any atom is 0.279 e. The van der Waals surface area contributed by atoms with E-state index in [4.69, 9.17) is 4.74 Å². The van der Waals surface area contributed by atoms with Crippen molar-refractivity contribution in [2.75, 3.05) is 46.4 Å². The van der Waals surface area contributed by atoms with Gasteiger partial charge in [0.1, 0.15) is 5.75 Å². The zero-order chi connectivity index (χ0) is 16.0. The third-order valence-electron chi connectivity index (χ3n) is 3.75. The molecule has 0 bridgehead atoms. The molecule has 1 aliphatic rings. The average Bonchev–Trinajstić information content (AvgIpc) is 2.49. The van der Waals surface area contributed by atoms with E-state index in [9.17, 15) is 8.42 Å². The van der Waals surface area contributed by atoms with Crippen molar-refractivity contribution in [3.63, 3.8) is 0 Å². The summed E-state index contributed by atoms with van der Waals surface area (Å²) < 4.78 is 34.3. The number of rotatable bonds is 7. The highest BCUT2D eigenvalue weighted by Gasteiger charge is 2.24. The summed E-state index contributed by atoms with van der Waals surface area (Å²) in [5, 5.41) is 0.